The Hall–Kier alpha value is -1.02. The van der Waals surface area contributed by atoms with Gasteiger partial charge in [0.2, 0.25) is 0 Å². The Morgan fingerprint density at radius 2 is 1.94 bits per heavy atom. The fourth-order valence-electron chi connectivity index (χ4n) is 1.75. The molecule has 2 heteroatoms. The van der Waals surface area contributed by atoms with Crippen LogP contribution in [0.15, 0.2) is 24.3 Å². The molecule has 0 unspecified atom stereocenters. The van der Waals surface area contributed by atoms with Gasteiger partial charge in [0.05, 0.1) is 0 Å². The van der Waals surface area contributed by atoms with E-state index in [0.29, 0.717) is 12.1 Å². The minimum Gasteiger partial charge on any atom is -0.478 e. The molecule has 0 bridgehead atoms. The summed E-state index contributed by atoms with van der Waals surface area (Å²) in [5.74, 6) is 0.945. The third-order valence-electron chi connectivity index (χ3n) is 2.19. The molecule has 0 aliphatic rings. The van der Waals surface area contributed by atoms with Crippen LogP contribution in [0.2, 0.25) is 0 Å². The maximum absolute atomic E-state index is 5.72. The van der Waals surface area contributed by atoms with Gasteiger partial charge in [-0.1, -0.05) is 32.9 Å². The van der Waals surface area contributed by atoms with Crippen LogP contribution in [0.3, 0.4) is 0 Å². The van der Waals surface area contributed by atoms with Gasteiger partial charge >= 0.3 is 0 Å². The van der Waals surface area contributed by atoms with Crippen LogP contribution in [-0.4, -0.2) is 25.2 Å². The van der Waals surface area contributed by atoms with Gasteiger partial charge in [0, 0.05) is 6.54 Å². The highest BCUT2D eigenvalue weighted by atomic mass is 16.5. The molecule has 0 aromatic heterocycles. The van der Waals surface area contributed by atoms with E-state index in [-0.39, 0.29) is 0 Å². The number of hydrogen-bond donors (Lipinski definition) is 0. The lowest BCUT2D eigenvalue weighted by Crippen LogP contribution is -2.32. The van der Waals surface area contributed by atoms with E-state index in [1.807, 2.05) is 12.1 Å². The molecular formula is C14H23NO. The predicted molar refractivity (Wildman–Crippen MR) is 68.8 cm³/mol. The summed E-state index contributed by atoms with van der Waals surface area (Å²) < 4.78 is 5.72. The summed E-state index contributed by atoms with van der Waals surface area (Å²) in [5.41, 5.74) is 1.54. The van der Waals surface area contributed by atoms with E-state index >= 15 is 0 Å². The van der Waals surface area contributed by atoms with Crippen molar-refractivity contribution in [2.45, 2.75) is 27.7 Å². The molecule has 16 heavy (non-hydrogen) atoms. The summed E-state index contributed by atoms with van der Waals surface area (Å²) in [7, 11) is 2.08. The standard InChI is InChI=1S/C14H23NO/c1-12-7-6-8-13(9-12)16-11-15(5)10-14(2,3)4/h6-9H,10-11H2,1-5H3. The first-order chi connectivity index (χ1) is 7.37. The molecule has 0 spiro atoms. The molecule has 1 aromatic rings. The van der Waals surface area contributed by atoms with Crippen molar-refractivity contribution in [1.82, 2.24) is 4.90 Å². The number of ether oxygens (including phenoxy) is 1. The maximum Gasteiger partial charge on any atom is 0.141 e. The van der Waals surface area contributed by atoms with Crippen LogP contribution < -0.4 is 4.74 Å². The first-order valence-corrected chi connectivity index (χ1v) is 5.75. The number of nitrogens with zero attached hydrogens (tertiary/aromatic N) is 1. The zero-order chi connectivity index (χ0) is 12.2. The molecule has 0 atom stereocenters. The molecule has 0 heterocycles. The Labute approximate surface area is 99.2 Å². The Kier molecular flexibility index (Phi) is 4.36. The normalized spacial score (nSPS) is 11.9. The molecule has 0 saturated heterocycles. The van der Waals surface area contributed by atoms with Gasteiger partial charge in [0.25, 0.3) is 0 Å². The predicted octanol–water partition coefficient (Wildman–Crippen LogP) is 3.31. The largest absolute Gasteiger partial charge is 0.478 e. The van der Waals surface area contributed by atoms with Crippen molar-refractivity contribution >= 4 is 0 Å². The van der Waals surface area contributed by atoms with Crippen LogP contribution in [0.1, 0.15) is 26.3 Å². The lowest BCUT2D eigenvalue weighted by atomic mass is 9.96. The van der Waals surface area contributed by atoms with Gasteiger partial charge in [-0.3, -0.25) is 4.90 Å². The van der Waals surface area contributed by atoms with Crippen molar-refractivity contribution in [3.8, 4) is 5.75 Å². The first-order valence-electron chi connectivity index (χ1n) is 5.75. The minimum atomic E-state index is 0.310. The van der Waals surface area contributed by atoms with Crippen molar-refractivity contribution in [2.75, 3.05) is 20.3 Å². The molecule has 90 valence electrons. The average Bonchev–Trinajstić information content (AvgIpc) is 2.12. The van der Waals surface area contributed by atoms with Crippen LogP contribution in [-0.2, 0) is 0 Å². The summed E-state index contributed by atoms with van der Waals surface area (Å²) in [4.78, 5) is 2.20. The Morgan fingerprint density at radius 1 is 1.25 bits per heavy atom. The van der Waals surface area contributed by atoms with Crippen LogP contribution in [0.25, 0.3) is 0 Å². The Morgan fingerprint density at radius 3 is 2.50 bits per heavy atom. The average molecular weight is 221 g/mol. The van der Waals surface area contributed by atoms with Gasteiger partial charge in [0.1, 0.15) is 12.5 Å². The lowest BCUT2D eigenvalue weighted by Gasteiger charge is -2.26. The van der Waals surface area contributed by atoms with Gasteiger partial charge in [0.15, 0.2) is 0 Å². The number of aryl methyl sites for hydroxylation is 1. The third-order valence-corrected chi connectivity index (χ3v) is 2.19. The summed E-state index contributed by atoms with van der Waals surface area (Å²) in [6.07, 6.45) is 0. The second kappa shape index (κ2) is 5.35. The van der Waals surface area contributed by atoms with E-state index in [0.717, 1.165) is 12.3 Å². The van der Waals surface area contributed by atoms with Crippen LogP contribution in [0, 0.1) is 12.3 Å². The van der Waals surface area contributed by atoms with Gasteiger partial charge in [-0.15, -0.1) is 0 Å². The second-order valence-corrected chi connectivity index (χ2v) is 5.66. The third kappa shape index (κ3) is 5.17. The van der Waals surface area contributed by atoms with E-state index in [1.165, 1.54) is 5.56 Å². The highest BCUT2D eigenvalue weighted by molar-refractivity contribution is 5.27. The number of hydrogen-bond acceptors (Lipinski definition) is 2. The molecule has 0 aliphatic carbocycles. The summed E-state index contributed by atoms with van der Waals surface area (Å²) in [5, 5.41) is 0. The molecule has 2 nitrogen and oxygen atoms in total. The smallest absolute Gasteiger partial charge is 0.141 e. The zero-order valence-electron chi connectivity index (χ0n) is 11.1. The van der Waals surface area contributed by atoms with Crippen LogP contribution in [0.5, 0.6) is 5.75 Å². The topological polar surface area (TPSA) is 12.5 Å². The summed E-state index contributed by atoms with van der Waals surface area (Å²) >= 11 is 0. The molecule has 0 saturated carbocycles. The Balaban J connectivity index is 2.40. The SMILES string of the molecule is Cc1cccc(OCN(C)CC(C)(C)C)c1. The minimum absolute atomic E-state index is 0.310. The number of rotatable bonds is 4. The quantitative estimate of drug-likeness (QED) is 0.723. The van der Waals surface area contributed by atoms with E-state index < -0.39 is 0 Å². The molecule has 0 radical (unpaired) electrons. The van der Waals surface area contributed by atoms with Crippen molar-refractivity contribution in [3.63, 3.8) is 0 Å². The van der Waals surface area contributed by atoms with E-state index in [1.54, 1.807) is 0 Å². The Bertz CT molecular complexity index is 328. The van der Waals surface area contributed by atoms with Gasteiger partial charge in [-0.2, -0.15) is 0 Å². The zero-order valence-corrected chi connectivity index (χ0v) is 11.1. The van der Waals surface area contributed by atoms with Gasteiger partial charge in [-0.05, 0) is 37.1 Å². The molecule has 0 N–H and O–H groups in total. The lowest BCUT2D eigenvalue weighted by molar-refractivity contribution is 0.117. The second-order valence-electron chi connectivity index (χ2n) is 5.66. The van der Waals surface area contributed by atoms with Crippen LogP contribution >= 0.6 is 0 Å². The van der Waals surface area contributed by atoms with E-state index in [4.69, 9.17) is 4.74 Å². The molecule has 1 rings (SSSR count). The highest BCUT2D eigenvalue weighted by Crippen LogP contribution is 2.16. The summed E-state index contributed by atoms with van der Waals surface area (Å²) in [6, 6.07) is 8.16. The molecule has 0 amide bonds. The number of benzene rings is 1. The fraction of sp³-hybridized carbons (Fsp3) is 0.571. The molecule has 1 aromatic carbocycles. The first kappa shape index (κ1) is 13.0. The van der Waals surface area contributed by atoms with Crippen molar-refractivity contribution in [1.29, 1.82) is 0 Å². The van der Waals surface area contributed by atoms with Crippen molar-refractivity contribution in [3.05, 3.63) is 29.8 Å². The maximum atomic E-state index is 5.72. The van der Waals surface area contributed by atoms with Crippen molar-refractivity contribution < 1.29 is 4.74 Å². The van der Waals surface area contributed by atoms with Crippen molar-refractivity contribution in [2.24, 2.45) is 5.41 Å². The summed E-state index contributed by atoms with van der Waals surface area (Å²) in [6.45, 7) is 10.4. The fourth-order valence-corrected chi connectivity index (χ4v) is 1.75. The van der Waals surface area contributed by atoms with Crippen LogP contribution in [0.4, 0.5) is 0 Å². The van der Waals surface area contributed by atoms with Gasteiger partial charge < -0.3 is 4.74 Å². The monoisotopic (exact) mass is 221 g/mol. The molecule has 0 fully saturated rings. The van der Waals surface area contributed by atoms with E-state index in [9.17, 15) is 0 Å². The highest BCUT2D eigenvalue weighted by Gasteiger charge is 2.13. The van der Waals surface area contributed by atoms with Gasteiger partial charge in [-0.25, -0.2) is 0 Å². The molecular weight excluding hydrogens is 198 g/mol. The molecule has 0 aliphatic heterocycles. The van der Waals surface area contributed by atoms with E-state index in [2.05, 4.69) is 51.8 Å².